The number of phenolic OH excluding ortho intramolecular Hbond substituents is 1. The summed E-state index contributed by atoms with van der Waals surface area (Å²) in [6.45, 7) is 1.88. The van der Waals surface area contributed by atoms with Gasteiger partial charge in [-0.3, -0.25) is 19.3 Å². The predicted octanol–water partition coefficient (Wildman–Crippen LogP) is 1.52. The molecule has 3 aliphatic carbocycles. The Morgan fingerprint density at radius 1 is 1.11 bits per heavy atom. The lowest BCUT2D eigenvalue weighted by Crippen LogP contribution is -2.65. The summed E-state index contributed by atoms with van der Waals surface area (Å²) in [4.78, 5) is 40.6. The maximum atomic E-state index is 13.9. The standard InChI is InChI=1S/C28H29N3O7/c1-11-4-5-12(10-17(11)29)14-6-7-18(32)20-15(14)8-13-9-16-22(31(2)3)24(34)21(27(30)37)26(36)28(16,38)25(35)19(13)23(20)33/h4-7,10,13,16,22,32-33,36,38H,8-9,29H2,1-3H3,(H2,30,37)/t13-,16-,22-,28-/m1/s1. The molecule has 1 amide bonds. The molecule has 0 heterocycles. The minimum absolute atomic E-state index is 0.0247. The highest BCUT2D eigenvalue weighted by Crippen LogP contribution is 2.53. The molecule has 198 valence electrons. The number of phenols is 1. The summed E-state index contributed by atoms with van der Waals surface area (Å²) in [7, 11) is 3.12. The van der Waals surface area contributed by atoms with E-state index in [4.69, 9.17) is 11.5 Å². The number of ketones is 2. The lowest BCUT2D eigenvalue weighted by Gasteiger charge is -2.50. The monoisotopic (exact) mass is 519 g/mol. The molecule has 0 radical (unpaired) electrons. The first-order chi connectivity index (χ1) is 17.8. The number of primary amides is 1. The number of hydrogen-bond acceptors (Lipinski definition) is 9. The summed E-state index contributed by atoms with van der Waals surface area (Å²) in [6.07, 6.45) is 0.225. The molecule has 1 saturated carbocycles. The number of aromatic hydroxyl groups is 1. The molecular formula is C28H29N3O7. The molecule has 2 aromatic carbocycles. The number of carbonyl (C=O) groups is 3. The number of aryl methyl sites for hydroxylation is 1. The number of carbonyl (C=O) groups excluding carboxylic acids is 3. The molecule has 10 heteroatoms. The quantitative estimate of drug-likeness (QED) is 0.258. The number of nitrogen functional groups attached to an aromatic ring is 1. The summed E-state index contributed by atoms with van der Waals surface area (Å²) in [5.74, 6) is -6.78. The Morgan fingerprint density at radius 2 is 1.79 bits per heavy atom. The van der Waals surface area contributed by atoms with Crippen LogP contribution < -0.4 is 11.5 Å². The number of benzene rings is 2. The van der Waals surface area contributed by atoms with E-state index in [1.165, 1.54) is 11.0 Å². The average Bonchev–Trinajstić information content (AvgIpc) is 2.83. The van der Waals surface area contributed by atoms with Crippen molar-refractivity contribution in [3.63, 3.8) is 0 Å². The van der Waals surface area contributed by atoms with Crippen LogP contribution in [-0.2, 0) is 20.8 Å². The van der Waals surface area contributed by atoms with Gasteiger partial charge in [-0.2, -0.15) is 0 Å². The van der Waals surface area contributed by atoms with Gasteiger partial charge < -0.3 is 31.9 Å². The highest BCUT2D eigenvalue weighted by Gasteiger charge is 2.64. The van der Waals surface area contributed by atoms with Crippen LogP contribution in [0.25, 0.3) is 16.9 Å². The van der Waals surface area contributed by atoms with Gasteiger partial charge >= 0.3 is 0 Å². The number of aliphatic hydroxyl groups is 3. The van der Waals surface area contributed by atoms with Crippen LogP contribution >= 0.6 is 0 Å². The van der Waals surface area contributed by atoms with Gasteiger partial charge in [0, 0.05) is 17.2 Å². The third-order valence-corrected chi connectivity index (χ3v) is 8.19. The molecule has 0 bridgehead atoms. The zero-order valence-electron chi connectivity index (χ0n) is 21.1. The average molecular weight is 520 g/mol. The van der Waals surface area contributed by atoms with Crippen molar-refractivity contribution >= 4 is 28.9 Å². The molecule has 2 aromatic rings. The fraction of sp³-hybridized carbons (Fsp3) is 0.321. The third kappa shape index (κ3) is 3.30. The normalized spacial score (nSPS) is 26.8. The van der Waals surface area contributed by atoms with Crippen molar-refractivity contribution in [3.05, 3.63) is 63.9 Å². The number of likely N-dealkylation sites (N-methyl/N-ethyl adjacent to an activating group) is 1. The highest BCUT2D eigenvalue weighted by molar-refractivity contribution is 6.24. The first-order valence-corrected chi connectivity index (χ1v) is 12.2. The summed E-state index contributed by atoms with van der Waals surface area (Å²) in [5.41, 5.74) is 11.3. The molecule has 0 aliphatic heterocycles. The minimum atomic E-state index is -2.66. The van der Waals surface area contributed by atoms with Crippen molar-refractivity contribution in [2.24, 2.45) is 17.6 Å². The van der Waals surface area contributed by atoms with Gasteiger partial charge in [0.1, 0.15) is 22.8 Å². The summed E-state index contributed by atoms with van der Waals surface area (Å²) < 4.78 is 0. The molecule has 0 unspecified atom stereocenters. The minimum Gasteiger partial charge on any atom is -0.508 e. The van der Waals surface area contributed by atoms with Gasteiger partial charge in [0.15, 0.2) is 11.4 Å². The van der Waals surface area contributed by atoms with Crippen LogP contribution in [-0.4, -0.2) is 68.5 Å². The summed E-state index contributed by atoms with van der Waals surface area (Å²) in [5, 5.41) is 44.7. The number of nitrogens with zero attached hydrogens (tertiary/aromatic N) is 1. The molecule has 10 nitrogen and oxygen atoms in total. The number of hydrogen-bond donors (Lipinski definition) is 6. The van der Waals surface area contributed by atoms with Gasteiger partial charge in [-0.1, -0.05) is 18.2 Å². The lowest BCUT2D eigenvalue weighted by atomic mass is 9.57. The SMILES string of the molecule is Cc1ccc(-c2ccc(O)c3c2C[C@@H]2C[C@@H]4[C@@H](N(C)C)C(=O)C(C(N)=O)=C(O)[C@]4(O)C(=O)C2=C3O)cc1N. The van der Waals surface area contributed by atoms with Gasteiger partial charge in [-0.25, -0.2) is 0 Å². The van der Waals surface area contributed by atoms with E-state index in [1.54, 1.807) is 26.2 Å². The van der Waals surface area contributed by atoms with Gasteiger partial charge in [0.05, 0.1) is 11.6 Å². The maximum absolute atomic E-state index is 13.9. The molecule has 5 rings (SSSR count). The van der Waals surface area contributed by atoms with Crippen LogP contribution in [0.3, 0.4) is 0 Å². The van der Waals surface area contributed by atoms with Crippen molar-refractivity contribution in [1.82, 2.24) is 4.90 Å². The molecule has 38 heavy (non-hydrogen) atoms. The highest BCUT2D eigenvalue weighted by atomic mass is 16.3. The van der Waals surface area contributed by atoms with Crippen LogP contribution in [0.1, 0.15) is 23.1 Å². The molecule has 3 aliphatic rings. The topological polar surface area (TPSA) is 187 Å². The van der Waals surface area contributed by atoms with E-state index in [2.05, 4.69) is 0 Å². The first-order valence-electron chi connectivity index (χ1n) is 12.2. The van der Waals surface area contributed by atoms with Gasteiger partial charge in [-0.05, 0) is 74.2 Å². The molecular weight excluding hydrogens is 490 g/mol. The number of nitrogens with two attached hydrogens (primary N) is 2. The second-order valence-electron chi connectivity index (χ2n) is 10.5. The number of amides is 1. The molecule has 8 N–H and O–H groups in total. The number of aliphatic hydroxyl groups excluding tert-OH is 2. The van der Waals surface area contributed by atoms with Crippen LogP contribution in [0.15, 0.2) is 47.2 Å². The van der Waals surface area contributed by atoms with Crippen molar-refractivity contribution < 1.29 is 34.8 Å². The van der Waals surface area contributed by atoms with Crippen molar-refractivity contribution in [1.29, 1.82) is 0 Å². The Balaban J connectivity index is 1.74. The van der Waals surface area contributed by atoms with Crippen LogP contribution in [0.5, 0.6) is 5.75 Å². The fourth-order valence-corrected chi connectivity index (χ4v) is 6.32. The van der Waals surface area contributed by atoms with Crippen LogP contribution in [0.2, 0.25) is 0 Å². The Hall–Kier alpha value is -4.15. The van der Waals surface area contributed by atoms with E-state index < -0.39 is 58.0 Å². The molecule has 0 spiro atoms. The Morgan fingerprint density at radius 3 is 2.39 bits per heavy atom. The largest absolute Gasteiger partial charge is 0.508 e. The van der Waals surface area contributed by atoms with E-state index in [-0.39, 0.29) is 29.7 Å². The second kappa shape index (κ2) is 8.44. The van der Waals surface area contributed by atoms with E-state index in [0.29, 0.717) is 16.8 Å². The number of Topliss-reactive ketones (excluding diaryl/α,β-unsaturated/α-hetero) is 2. The van der Waals surface area contributed by atoms with Crippen molar-refractivity contribution in [3.8, 4) is 16.9 Å². The van der Waals surface area contributed by atoms with Crippen LogP contribution in [0, 0.1) is 18.8 Å². The van der Waals surface area contributed by atoms with E-state index in [9.17, 15) is 34.8 Å². The Kier molecular flexibility index (Phi) is 5.66. The van der Waals surface area contributed by atoms with Gasteiger partial charge in [0.2, 0.25) is 5.78 Å². The second-order valence-corrected chi connectivity index (χ2v) is 10.5. The summed E-state index contributed by atoms with van der Waals surface area (Å²) >= 11 is 0. The van der Waals surface area contributed by atoms with Gasteiger partial charge in [0.25, 0.3) is 5.91 Å². The molecule has 0 saturated heterocycles. The van der Waals surface area contributed by atoms with Crippen molar-refractivity contribution in [2.75, 3.05) is 19.8 Å². The zero-order valence-corrected chi connectivity index (χ0v) is 21.1. The molecule has 4 atom stereocenters. The third-order valence-electron chi connectivity index (χ3n) is 8.19. The van der Waals surface area contributed by atoms with E-state index in [1.807, 2.05) is 19.1 Å². The Labute approximate surface area is 218 Å². The molecule has 1 fully saturated rings. The number of fused-ring (bicyclic) bond motifs is 3. The molecule has 0 aromatic heterocycles. The van der Waals surface area contributed by atoms with Crippen LogP contribution in [0.4, 0.5) is 5.69 Å². The fourth-order valence-electron chi connectivity index (χ4n) is 6.32. The first kappa shape index (κ1) is 25.5. The van der Waals surface area contributed by atoms with E-state index >= 15 is 0 Å². The maximum Gasteiger partial charge on any atom is 0.255 e. The zero-order chi connectivity index (χ0) is 27.8. The number of rotatable bonds is 3. The van der Waals surface area contributed by atoms with Gasteiger partial charge in [-0.15, -0.1) is 0 Å². The Bertz CT molecular complexity index is 1510. The smallest absolute Gasteiger partial charge is 0.255 e. The van der Waals surface area contributed by atoms with E-state index in [0.717, 1.165) is 11.1 Å². The number of anilines is 1. The predicted molar refractivity (Wildman–Crippen MR) is 139 cm³/mol. The summed E-state index contributed by atoms with van der Waals surface area (Å²) in [6, 6.07) is 7.50. The van der Waals surface area contributed by atoms with Crippen molar-refractivity contribution in [2.45, 2.75) is 31.4 Å². The lowest BCUT2D eigenvalue weighted by molar-refractivity contribution is -0.153.